The van der Waals surface area contributed by atoms with Crippen molar-refractivity contribution in [2.45, 2.75) is 38.8 Å². The minimum absolute atomic E-state index is 0.136. The number of carbonyl (C=O) groups is 1. The van der Waals surface area contributed by atoms with E-state index in [1.807, 2.05) is 43.0 Å². The van der Waals surface area contributed by atoms with Gasteiger partial charge in [-0.15, -0.1) is 0 Å². The third-order valence-electron chi connectivity index (χ3n) is 3.61. The van der Waals surface area contributed by atoms with Gasteiger partial charge in [0.2, 0.25) is 5.91 Å². The molecular weight excluding hydrogens is 212 g/mol. The van der Waals surface area contributed by atoms with E-state index in [1.165, 1.54) is 5.56 Å². The lowest BCUT2D eigenvalue weighted by Gasteiger charge is -2.23. The molecule has 0 radical (unpaired) electrons. The molecule has 2 rings (SSSR count). The number of amides is 1. The van der Waals surface area contributed by atoms with Crippen LogP contribution >= 0.6 is 0 Å². The number of nitrogens with zero attached hydrogens (tertiary/aromatic N) is 1. The van der Waals surface area contributed by atoms with Gasteiger partial charge in [0.15, 0.2) is 0 Å². The number of hydrogen-bond donors (Lipinski definition) is 1. The molecule has 3 nitrogen and oxygen atoms in total. The summed E-state index contributed by atoms with van der Waals surface area (Å²) in [6, 6.07) is 8.44. The Morgan fingerprint density at radius 3 is 2.59 bits per heavy atom. The second kappa shape index (κ2) is 4.88. The van der Waals surface area contributed by atoms with Gasteiger partial charge in [-0.25, -0.2) is 0 Å². The second-order valence-electron chi connectivity index (χ2n) is 4.94. The normalized spacial score (nSPS) is 24.1. The SMILES string of the molecule is Cc1ccc(CC(=O)N2CCC(N)C2C)cc1. The van der Waals surface area contributed by atoms with Crippen LogP contribution in [0.3, 0.4) is 0 Å². The number of carbonyl (C=O) groups excluding carboxylic acids is 1. The third kappa shape index (κ3) is 2.67. The average molecular weight is 232 g/mol. The number of hydrogen-bond acceptors (Lipinski definition) is 2. The van der Waals surface area contributed by atoms with Crippen LogP contribution in [0.25, 0.3) is 0 Å². The highest BCUT2D eigenvalue weighted by Gasteiger charge is 2.30. The lowest BCUT2D eigenvalue weighted by molar-refractivity contribution is -0.131. The van der Waals surface area contributed by atoms with Gasteiger partial charge >= 0.3 is 0 Å². The van der Waals surface area contributed by atoms with Gasteiger partial charge in [0, 0.05) is 18.6 Å². The predicted molar refractivity (Wildman–Crippen MR) is 68.7 cm³/mol. The zero-order chi connectivity index (χ0) is 12.4. The van der Waals surface area contributed by atoms with Gasteiger partial charge in [-0.3, -0.25) is 4.79 Å². The summed E-state index contributed by atoms with van der Waals surface area (Å²) in [4.78, 5) is 14.0. The van der Waals surface area contributed by atoms with Crippen LogP contribution in [0, 0.1) is 6.92 Å². The molecule has 0 saturated carbocycles. The molecule has 2 N–H and O–H groups in total. The molecule has 0 bridgehead atoms. The largest absolute Gasteiger partial charge is 0.338 e. The molecule has 1 amide bonds. The zero-order valence-electron chi connectivity index (χ0n) is 10.5. The first-order valence-electron chi connectivity index (χ1n) is 6.18. The average Bonchev–Trinajstić information content (AvgIpc) is 2.63. The van der Waals surface area contributed by atoms with Gasteiger partial charge in [-0.2, -0.15) is 0 Å². The summed E-state index contributed by atoms with van der Waals surface area (Å²) in [5.41, 5.74) is 8.22. The molecule has 1 aromatic rings. The molecular formula is C14H20N2O. The van der Waals surface area contributed by atoms with Crippen molar-refractivity contribution < 1.29 is 4.79 Å². The summed E-state index contributed by atoms with van der Waals surface area (Å²) in [6.07, 6.45) is 1.40. The minimum Gasteiger partial charge on any atom is -0.338 e. The highest BCUT2D eigenvalue weighted by Crippen LogP contribution is 2.17. The molecule has 17 heavy (non-hydrogen) atoms. The molecule has 3 heteroatoms. The minimum atomic E-state index is 0.136. The van der Waals surface area contributed by atoms with Gasteiger partial charge < -0.3 is 10.6 Å². The molecule has 1 saturated heterocycles. The molecule has 0 aromatic heterocycles. The zero-order valence-corrected chi connectivity index (χ0v) is 10.5. The molecule has 1 aromatic carbocycles. The molecule has 1 heterocycles. The number of benzene rings is 1. The molecule has 2 unspecified atom stereocenters. The van der Waals surface area contributed by atoms with Gasteiger partial charge in [0.25, 0.3) is 0 Å². The van der Waals surface area contributed by atoms with Gasteiger partial charge in [0.1, 0.15) is 0 Å². The smallest absolute Gasteiger partial charge is 0.227 e. The van der Waals surface area contributed by atoms with Crippen LogP contribution < -0.4 is 5.73 Å². The van der Waals surface area contributed by atoms with Crippen molar-refractivity contribution in [3.05, 3.63) is 35.4 Å². The molecule has 0 spiro atoms. The van der Waals surface area contributed by atoms with Crippen LogP contribution in [0.2, 0.25) is 0 Å². The Morgan fingerprint density at radius 2 is 2.06 bits per heavy atom. The lowest BCUT2D eigenvalue weighted by Crippen LogP contribution is -2.41. The molecule has 0 aliphatic carbocycles. The van der Waals surface area contributed by atoms with E-state index in [2.05, 4.69) is 0 Å². The number of rotatable bonds is 2. The summed E-state index contributed by atoms with van der Waals surface area (Å²) in [5, 5.41) is 0. The van der Waals surface area contributed by atoms with Crippen molar-refractivity contribution in [2.24, 2.45) is 5.73 Å². The van der Waals surface area contributed by atoms with Crippen LogP contribution in [0.1, 0.15) is 24.5 Å². The van der Waals surface area contributed by atoms with Crippen LogP contribution in [-0.4, -0.2) is 29.4 Å². The van der Waals surface area contributed by atoms with Crippen molar-refractivity contribution in [1.82, 2.24) is 4.90 Å². The maximum absolute atomic E-state index is 12.1. The standard InChI is InChI=1S/C14H20N2O/c1-10-3-5-12(6-4-10)9-14(17)16-8-7-13(15)11(16)2/h3-6,11,13H,7-9,15H2,1-2H3. The molecule has 1 fully saturated rings. The first-order valence-corrected chi connectivity index (χ1v) is 6.18. The van der Waals surface area contributed by atoms with Crippen LogP contribution in [-0.2, 0) is 11.2 Å². The first-order chi connectivity index (χ1) is 8.08. The summed E-state index contributed by atoms with van der Waals surface area (Å²) < 4.78 is 0. The van der Waals surface area contributed by atoms with Gasteiger partial charge in [-0.1, -0.05) is 29.8 Å². The fourth-order valence-electron chi connectivity index (χ4n) is 2.30. The van der Waals surface area contributed by atoms with E-state index < -0.39 is 0 Å². The van der Waals surface area contributed by atoms with Crippen molar-refractivity contribution in [3.8, 4) is 0 Å². The maximum Gasteiger partial charge on any atom is 0.227 e. The van der Waals surface area contributed by atoms with E-state index in [4.69, 9.17) is 5.73 Å². The van der Waals surface area contributed by atoms with E-state index >= 15 is 0 Å². The quantitative estimate of drug-likeness (QED) is 0.839. The van der Waals surface area contributed by atoms with E-state index in [0.29, 0.717) is 6.42 Å². The van der Waals surface area contributed by atoms with E-state index in [1.54, 1.807) is 0 Å². The van der Waals surface area contributed by atoms with Crippen molar-refractivity contribution in [2.75, 3.05) is 6.54 Å². The Morgan fingerprint density at radius 1 is 1.41 bits per heavy atom. The number of likely N-dealkylation sites (tertiary alicyclic amines) is 1. The van der Waals surface area contributed by atoms with Crippen LogP contribution in [0.5, 0.6) is 0 Å². The first kappa shape index (κ1) is 12.1. The number of aryl methyl sites for hydroxylation is 1. The fourth-order valence-corrected chi connectivity index (χ4v) is 2.30. The van der Waals surface area contributed by atoms with Crippen molar-refractivity contribution in [1.29, 1.82) is 0 Å². The Kier molecular flexibility index (Phi) is 3.48. The topological polar surface area (TPSA) is 46.3 Å². The van der Waals surface area contributed by atoms with Gasteiger partial charge in [-0.05, 0) is 25.8 Å². The highest BCUT2D eigenvalue weighted by atomic mass is 16.2. The maximum atomic E-state index is 12.1. The molecule has 2 atom stereocenters. The monoisotopic (exact) mass is 232 g/mol. The number of nitrogens with two attached hydrogens (primary N) is 1. The highest BCUT2D eigenvalue weighted by molar-refractivity contribution is 5.79. The third-order valence-corrected chi connectivity index (χ3v) is 3.61. The predicted octanol–water partition coefficient (Wildman–Crippen LogP) is 1.49. The van der Waals surface area contributed by atoms with E-state index in [9.17, 15) is 4.79 Å². The summed E-state index contributed by atoms with van der Waals surface area (Å²) in [5.74, 6) is 0.189. The molecule has 92 valence electrons. The summed E-state index contributed by atoms with van der Waals surface area (Å²) >= 11 is 0. The molecule has 1 aliphatic heterocycles. The Bertz CT molecular complexity index is 399. The summed E-state index contributed by atoms with van der Waals surface area (Å²) in [7, 11) is 0. The Balaban J connectivity index is 2.00. The second-order valence-corrected chi connectivity index (χ2v) is 4.94. The Hall–Kier alpha value is -1.35. The van der Waals surface area contributed by atoms with E-state index in [-0.39, 0.29) is 18.0 Å². The van der Waals surface area contributed by atoms with Gasteiger partial charge in [0.05, 0.1) is 6.42 Å². The fraction of sp³-hybridized carbons (Fsp3) is 0.500. The Labute approximate surface area is 103 Å². The lowest BCUT2D eigenvalue weighted by atomic mass is 10.1. The van der Waals surface area contributed by atoms with Crippen LogP contribution in [0.4, 0.5) is 0 Å². The molecule has 1 aliphatic rings. The van der Waals surface area contributed by atoms with Crippen molar-refractivity contribution >= 4 is 5.91 Å². The van der Waals surface area contributed by atoms with Crippen molar-refractivity contribution in [3.63, 3.8) is 0 Å². The summed E-state index contributed by atoms with van der Waals surface area (Å²) in [6.45, 7) is 4.88. The van der Waals surface area contributed by atoms with Crippen LogP contribution in [0.15, 0.2) is 24.3 Å². The van der Waals surface area contributed by atoms with E-state index in [0.717, 1.165) is 18.5 Å².